The minimum absolute atomic E-state index is 0.0850. The number of ketones is 1. The van der Waals surface area contributed by atoms with Crippen LogP contribution in [-0.2, 0) is 20.7 Å². The maximum absolute atomic E-state index is 12.9. The van der Waals surface area contributed by atoms with Crippen LogP contribution in [0.1, 0.15) is 44.1 Å². The summed E-state index contributed by atoms with van der Waals surface area (Å²) in [5.74, 6) is 3.09. The Labute approximate surface area is 160 Å². The van der Waals surface area contributed by atoms with Gasteiger partial charge in [-0.15, -0.1) is 0 Å². The Morgan fingerprint density at radius 1 is 0.963 bits per heavy atom. The molecule has 0 N–H and O–H groups in total. The number of Topliss-reactive ketones (excluding diaryl/α,β-unsaturated/α-hetero) is 1. The molecule has 0 saturated heterocycles. The molecule has 5 nitrogen and oxygen atoms in total. The van der Waals surface area contributed by atoms with E-state index in [1.54, 1.807) is 26.4 Å². The molecule has 5 rings (SSSR count). The van der Waals surface area contributed by atoms with Gasteiger partial charge in [-0.2, -0.15) is 0 Å². The van der Waals surface area contributed by atoms with Crippen LogP contribution in [0, 0.1) is 23.2 Å². The van der Waals surface area contributed by atoms with E-state index in [4.69, 9.17) is 14.2 Å². The first-order valence-electron chi connectivity index (χ1n) is 9.91. The lowest BCUT2D eigenvalue weighted by atomic mass is 9.48. The zero-order valence-corrected chi connectivity index (χ0v) is 16.2. The summed E-state index contributed by atoms with van der Waals surface area (Å²) >= 11 is 0. The summed E-state index contributed by atoms with van der Waals surface area (Å²) in [7, 11) is 3.13. The smallest absolute Gasteiger partial charge is 0.310 e. The molecule has 0 amide bonds. The molecule has 4 saturated carbocycles. The fourth-order valence-corrected chi connectivity index (χ4v) is 5.96. The predicted octanol–water partition coefficient (Wildman–Crippen LogP) is 3.58. The van der Waals surface area contributed by atoms with Crippen molar-refractivity contribution in [1.29, 1.82) is 0 Å². The van der Waals surface area contributed by atoms with Crippen LogP contribution < -0.4 is 9.47 Å². The van der Waals surface area contributed by atoms with Crippen LogP contribution in [0.25, 0.3) is 0 Å². The van der Waals surface area contributed by atoms with E-state index in [1.807, 2.05) is 6.07 Å². The molecule has 4 bridgehead atoms. The van der Waals surface area contributed by atoms with Crippen LogP contribution in [0.2, 0.25) is 0 Å². The van der Waals surface area contributed by atoms with Crippen LogP contribution >= 0.6 is 0 Å². The first-order chi connectivity index (χ1) is 13.0. The molecule has 0 aromatic heterocycles. The van der Waals surface area contributed by atoms with Crippen molar-refractivity contribution in [3.8, 4) is 11.5 Å². The van der Waals surface area contributed by atoms with E-state index in [0.29, 0.717) is 29.3 Å². The number of carbonyl (C=O) groups excluding carboxylic acids is 2. The molecule has 146 valence electrons. The topological polar surface area (TPSA) is 61.8 Å². The quantitative estimate of drug-likeness (QED) is 0.685. The molecule has 4 aliphatic carbocycles. The third-order valence-electron chi connectivity index (χ3n) is 6.79. The van der Waals surface area contributed by atoms with Crippen LogP contribution in [0.15, 0.2) is 18.2 Å². The van der Waals surface area contributed by atoms with Gasteiger partial charge in [0, 0.05) is 5.41 Å². The summed E-state index contributed by atoms with van der Waals surface area (Å²) in [5, 5.41) is 0. The highest BCUT2D eigenvalue weighted by atomic mass is 16.5. The summed E-state index contributed by atoms with van der Waals surface area (Å²) < 4.78 is 15.8. The zero-order chi connectivity index (χ0) is 19.0. The minimum atomic E-state index is -0.375. The van der Waals surface area contributed by atoms with Crippen molar-refractivity contribution in [2.24, 2.45) is 23.2 Å². The van der Waals surface area contributed by atoms with Crippen molar-refractivity contribution in [1.82, 2.24) is 0 Å². The third kappa shape index (κ3) is 3.56. The molecular weight excluding hydrogens is 344 g/mol. The first kappa shape index (κ1) is 18.3. The Balaban J connectivity index is 1.34. The van der Waals surface area contributed by atoms with Crippen LogP contribution in [-0.4, -0.2) is 32.6 Å². The molecule has 4 fully saturated rings. The monoisotopic (exact) mass is 372 g/mol. The number of esters is 1. The second kappa shape index (κ2) is 7.17. The Morgan fingerprint density at radius 2 is 1.56 bits per heavy atom. The number of carbonyl (C=O) groups is 2. The van der Waals surface area contributed by atoms with E-state index in [-0.39, 0.29) is 30.2 Å². The zero-order valence-electron chi connectivity index (χ0n) is 16.2. The van der Waals surface area contributed by atoms with Gasteiger partial charge in [0.1, 0.15) is 0 Å². The lowest BCUT2D eigenvalue weighted by Crippen LogP contribution is -2.51. The number of hydrogen-bond donors (Lipinski definition) is 0. The van der Waals surface area contributed by atoms with E-state index >= 15 is 0 Å². The minimum Gasteiger partial charge on any atom is -0.493 e. The number of ether oxygens (including phenoxy) is 3. The number of rotatable bonds is 7. The van der Waals surface area contributed by atoms with Gasteiger partial charge in [0.25, 0.3) is 0 Å². The molecule has 0 heterocycles. The van der Waals surface area contributed by atoms with Crippen molar-refractivity contribution in [3.05, 3.63) is 23.8 Å². The highest BCUT2D eigenvalue weighted by molar-refractivity contribution is 5.88. The highest BCUT2D eigenvalue weighted by Crippen LogP contribution is 2.60. The van der Waals surface area contributed by atoms with Crippen molar-refractivity contribution < 1.29 is 23.8 Å². The largest absolute Gasteiger partial charge is 0.493 e. The Kier molecular flexibility index (Phi) is 4.87. The van der Waals surface area contributed by atoms with Crippen molar-refractivity contribution in [2.45, 2.75) is 44.9 Å². The molecule has 1 aromatic rings. The fraction of sp³-hybridized carbons (Fsp3) is 0.636. The fourth-order valence-electron chi connectivity index (χ4n) is 5.96. The number of hydrogen-bond acceptors (Lipinski definition) is 5. The molecular formula is C22H28O5. The summed E-state index contributed by atoms with van der Waals surface area (Å²) in [6.07, 6.45) is 7.03. The summed E-state index contributed by atoms with van der Waals surface area (Å²) in [6.45, 7) is -0.0850. The molecule has 1 aromatic carbocycles. The van der Waals surface area contributed by atoms with E-state index in [2.05, 4.69) is 0 Å². The Morgan fingerprint density at radius 3 is 2.11 bits per heavy atom. The standard InChI is InChI=1S/C22H28O5/c1-25-18-4-3-14(8-19(18)26-2)9-21(24)27-13-20(23)22-10-15-5-16(11-22)7-17(6-15)12-22/h3-4,8,15-17H,5-7,9-13H2,1-2H3. The van der Waals surface area contributed by atoms with Gasteiger partial charge in [-0.25, -0.2) is 0 Å². The van der Waals surface area contributed by atoms with Crippen LogP contribution in [0.3, 0.4) is 0 Å². The molecule has 0 aliphatic heterocycles. The lowest BCUT2D eigenvalue weighted by molar-refractivity contribution is -0.157. The maximum Gasteiger partial charge on any atom is 0.310 e. The molecule has 0 atom stereocenters. The van der Waals surface area contributed by atoms with Gasteiger partial charge in [0.15, 0.2) is 23.9 Å². The lowest BCUT2D eigenvalue weighted by Gasteiger charge is -2.55. The average molecular weight is 372 g/mol. The second-order valence-electron chi connectivity index (χ2n) is 8.65. The van der Waals surface area contributed by atoms with Gasteiger partial charge < -0.3 is 14.2 Å². The van der Waals surface area contributed by atoms with E-state index in [1.165, 1.54) is 19.3 Å². The average Bonchev–Trinajstić information content (AvgIpc) is 2.64. The molecule has 4 aliphatic rings. The van der Waals surface area contributed by atoms with Crippen molar-refractivity contribution in [3.63, 3.8) is 0 Å². The Hall–Kier alpha value is -2.04. The van der Waals surface area contributed by atoms with E-state index in [9.17, 15) is 9.59 Å². The Bertz CT molecular complexity index is 703. The van der Waals surface area contributed by atoms with Gasteiger partial charge in [-0.1, -0.05) is 6.07 Å². The summed E-state index contributed by atoms with van der Waals surface area (Å²) in [4.78, 5) is 25.2. The molecule has 0 unspecified atom stereocenters. The van der Waals surface area contributed by atoms with Crippen molar-refractivity contribution in [2.75, 3.05) is 20.8 Å². The van der Waals surface area contributed by atoms with Gasteiger partial charge in [0.05, 0.1) is 20.6 Å². The predicted molar refractivity (Wildman–Crippen MR) is 99.8 cm³/mol. The van der Waals surface area contributed by atoms with Gasteiger partial charge >= 0.3 is 5.97 Å². The van der Waals surface area contributed by atoms with Gasteiger partial charge in [0.2, 0.25) is 0 Å². The molecule has 0 radical (unpaired) electrons. The third-order valence-corrected chi connectivity index (χ3v) is 6.79. The normalized spacial score (nSPS) is 30.8. The van der Waals surface area contributed by atoms with Gasteiger partial charge in [-0.3, -0.25) is 9.59 Å². The van der Waals surface area contributed by atoms with Crippen LogP contribution in [0.5, 0.6) is 11.5 Å². The summed E-state index contributed by atoms with van der Waals surface area (Å²) in [5.41, 5.74) is 0.568. The van der Waals surface area contributed by atoms with E-state index < -0.39 is 0 Å². The molecule has 5 heteroatoms. The maximum atomic E-state index is 12.9. The van der Waals surface area contributed by atoms with Crippen molar-refractivity contribution >= 4 is 11.8 Å². The second-order valence-corrected chi connectivity index (χ2v) is 8.65. The first-order valence-corrected chi connectivity index (χ1v) is 9.91. The molecule has 27 heavy (non-hydrogen) atoms. The SMILES string of the molecule is COc1ccc(CC(=O)OCC(=O)C23CC4CC(CC(C4)C2)C3)cc1OC. The molecule has 0 spiro atoms. The van der Waals surface area contributed by atoms with Crippen LogP contribution in [0.4, 0.5) is 0 Å². The highest BCUT2D eigenvalue weighted by Gasteiger charge is 2.54. The van der Waals surface area contributed by atoms with Gasteiger partial charge in [-0.05, 0) is 74.0 Å². The number of benzene rings is 1. The summed E-state index contributed by atoms with van der Waals surface area (Å²) in [6, 6.07) is 5.34. The number of methoxy groups -OCH3 is 2. The van der Waals surface area contributed by atoms with E-state index in [0.717, 1.165) is 24.8 Å².